The standard InChI is InChI=1S/C22H19F3N4O2/c1-11-7-6-10-14-17(11)27-20(31-14)15-12(2)26-19-16(13-8-4-3-5-9-13)18(22(23,24)25)28-29(19)21(15)30/h3-10,16,18-19,26,28H,1-2H3. The third-order valence-corrected chi connectivity index (χ3v) is 5.80. The number of para-hydroxylation sites is 1. The molecule has 3 heterocycles. The Bertz CT molecular complexity index is 1200. The van der Waals surface area contributed by atoms with Crippen molar-refractivity contribution >= 4 is 22.6 Å². The van der Waals surface area contributed by atoms with E-state index in [9.17, 15) is 18.0 Å². The van der Waals surface area contributed by atoms with Crippen LogP contribution in [0.3, 0.4) is 0 Å². The number of alkyl halides is 3. The molecule has 0 bridgehead atoms. The number of nitrogens with one attached hydrogen (secondary N) is 2. The maximum Gasteiger partial charge on any atom is 0.406 e. The van der Waals surface area contributed by atoms with E-state index < -0.39 is 30.2 Å². The van der Waals surface area contributed by atoms with E-state index in [4.69, 9.17) is 4.42 Å². The van der Waals surface area contributed by atoms with Crippen molar-refractivity contribution in [1.82, 2.24) is 20.7 Å². The Hall–Kier alpha value is -3.33. The van der Waals surface area contributed by atoms with Crippen molar-refractivity contribution in [3.8, 4) is 0 Å². The second kappa shape index (κ2) is 6.84. The quantitative estimate of drug-likeness (QED) is 0.649. The van der Waals surface area contributed by atoms with Gasteiger partial charge in [-0.3, -0.25) is 4.79 Å². The van der Waals surface area contributed by atoms with Crippen molar-refractivity contribution < 1.29 is 22.4 Å². The molecule has 3 aromatic rings. The number of hydrogen-bond donors (Lipinski definition) is 2. The maximum absolute atomic E-state index is 13.9. The van der Waals surface area contributed by atoms with E-state index in [1.807, 2.05) is 19.1 Å². The number of aryl methyl sites for hydroxylation is 1. The van der Waals surface area contributed by atoms with Crippen LogP contribution < -0.4 is 10.7 Å². The number of allylic oxidation sites excluding steroid dienone is 1. The van der Waals surface area contributed by atoms with Gasteiger partial charge in [0.25, 0.3) is 5.91 Å². The second-order valence-electron chi connectivity index (χ2n) is 7.79. The molecule has 1 saturated heterocycles. The molecule has 6 nitrogen and oxygen atoms in total. The van der Waals surface area contributed by atoms with Crippen LogP contribution in [-0.4, -0.2) is 34.3 Å². The van der Waals surface area contributed by atoms with Gasteiger partial charge in [0.2, 0.25) is 5.89 Å². The van der Waals surface area contributed by atoms with Crippen molar-refractivity contribution in [1.29, 1.82) is 0 Å². The van der Waals surface area contributed by atoms with Gasteiger partial charge in [-0.1, -0.05) is 42.5 Å². The first kappa shape index (κ1) is 19.6. The van der Waals surface area contributed by atoms with Crippen LogP contribution in [0.15, 0.2) is 58.6 Å². The minimum absolute atomic E-state index is 0.0752. The van der Waals surface area contributed by atoms with Crippen LogP contribution >= 0.6 is 0 Å². The predicted octanol–water partition coefficient (Wildman–Crippen LogP) is 3.86. The lowest BCUT2D eigenvalue weighted by Crippen LogP contribution is -2.54. The highest BCUT2D eigenvalue weighted by atomic mass is 19.4. The molecule has 160 valence electrons. The van der Waals surface area contributed by atoms with E-state index in [0.717, 1.165) is 10.6 Å². The molecule has 9 heteroatoms. The number of oxazole rings is 1. The highest BCUT2D eigenvalue weighted by Crippen LogP contribution is 2.42. The minimum atomic E-state index is -4.55. The lowest BCUT2D eigenvalue weighted by Gasteiger charge is -2.34. The van der Waals surface area contributed by atoms with Crippen molar-refractivity contribution in [2.24, 2.45) is 0 Å². The van der Waals surface area contributed by atoms with Crippen LogP contribution in [0.25, 0.3) is 16.7 Å². The number of benzene rings is 2. The van der Waals surface area contributed by atoms with Crippen molar-refractivity contribution in [2.45, 2.75) is 38.1 Å². The first-order valence-electron chi connectivity index (χ1n) is 9.81. The molecule has 1 amide bonds. The van der Waals surface area contributed by atoms with Gasteiger partial charge in [-0.2, -0.15) is 13.2 Å². The SMILES string of the molecule is CC1=C(c2nc3c(C)cccc3o2)C(=O)N2NC(C(F)(F)F)C(c3ccccc3)C2N1. The van der Waals surface area contributed by atoms with Crippen LogP contribution in [0.1, 0.15) is 29.9 Å². The number of nitrogens with zero attached hydrogens (tertiary/aromatic N) is 2. The fourth-order valence-corrected chi connectivity index (χ4v) is 4.34. The predicted molar refractivity (Wildman–Crippen MR) is 107 cm³/mol. The summed E-state index contributed by atoms with van der Waals surface area (Å²) in [5.74, 6) is -1.56. The van der Waals surface area contributed by atoms with Gasteiger partial charge in [0.05, 0.1) is 5.92 Å². The van der Waals surface area contributed by atoms with Crippen molar-refractivity contribution in [3.05, 3.63) is 71.2 Å². The number of amides is 1. The molecule has 2 N–H and O–H groups in total. The van der Waals surface area contributed by atoms with Crippen LogP contribution in [0.5, 0.6) is 0 Å². The Morgan fingerprint density at radius 3 is 2.48 bits per heavy atom. The molecule has 1 aromatic heterocycles. The van der Waals surface area contributed by atoms with Gasteiger partial charge < -0.3 is 9.73 Å². The normalized spacial score (nSPS) is 24.0. The Morgan fingerprint density at radius 1 is 1.06 bits per heavy atom. The zero-order valence-corrected chi connectivity index (χ0v) is 16.7. The average Bonchev–Trinajstić information content (AvgIpc) is 3.31. The summed E-state index contributed by atoms with van der Waals surface area (Å²) in [6.07, 6.45) is -5.46. The number of halogens is 3. The number of hydrazine groups is 1. The largest absolute Gasteiger partial charge is 0.436 e. The molecule has 0 radical (unpaired) electrons. The fourth-order valence-electron chi connectivity index (χ4n) is 4.34. The molecule has 0 aliphatic carbocycles. The van der Waals surface area contributed by atoms with E-state index in [2.05, 4.69) is 15.7 Å². The highest BCUT2D eigenvalue weighted by molar-refractivity contribution is 6.20. The second-order valence-corrected chi connectivity index (χ2v) is 7.79. The van der Waals surface area contributed by atoms with Gasteiger partial charge in [-0.25, -0.2) is 15.4 Å². The summed E-state index contributed by atoms with van der Waals surface area (Å²) in [6.45, 7) is 3.52. The highest BCUT2D eigenvalue weighted by Gasteiger charge is 2.58. The molecule has 0 saturated carbocycles. The minimum Gasteiger partial charge on any atom is -0.436 e. The lowest BCUT2D eigenvalue weighted by atomic mass is 9.89. The molecular formula is C22H19F3N4O2. The third-order valence-electron chi connectivity index (χ3n) is 5.80. The zero-order valence-electron chi connectivity index (χ0n) is 16.7. The Morgan fingerprint density at radius 2 is 1.81 bits per heavy atom. The van der Waals surface area contributed by atoms with Gasteiger partial charge >= 0.3 is 6.18 Å². The number of fused-ring (bicyclic) bond motifs is 2. The molecule has 3 unspecified atom stereocenters. The summed E-state index contributed by atoms with van der Waals surface area (Å²) in [6, 6.07) is 11.9. The summed E-state index contributed by atoms with van der Waals surface area (Å²) < 4.78 is 47.5. The number of rotatable bonds is 2. The Labute approximate surface area is 175 Å². The molecule has 2 aliphatic heterocycles. The first-order valence-corrected chi connectivity index (χ1v) is 9.81. The molecule has 3 atom stereocenters. The van der Waals surface area contributed by atoms with Gasteiger partial charge in [-0.15, -0.1) is 0 Å². The van der Waals surface area contributed by atoms with Gasteiger partial charge in [0.1, 0.15) is 23.3 Å². The van der Waals surface area contributed by atoms with Crippen LogP contribution in [0, 0.1) is 6.92 Å². The van der Waals surface area contributed by atoms with E-state index in [0.29, 0.717) is 22.4 Å². The van der Waals surface area contributed by atoms with Crippen molar-refractivity contribution in [2.75, 3.05) is 0 Å². The molecule has 2 aliphatic rings. The van der Waals surface area contributed by atoms with E-state index in [1.54, 1.807) is 43.3 Å². The molecule has 0 spiro atoms. The maximum atomic E-state index is 13.9. The summed E-state index contributed by atoms with van der Waals surface area (Å²) in [4.78, 5) is 17.8. The summed E-state index contributed by atoms with van der Waals surface area (Å²) in [5.41, 5.74) is 5.39. The summed E-state index contributed by atoms with van der Waals surface area (Å²) in [7, 11) is 0. The average molecular weight is 428 g/mol. The van der Waals surface area contributed by atoms with Crippen molar-refractivity contribution in [3.63, 3.8) is 0 Å². The monoisotopic (exact) mass is 428 g/mol. The number of carbonyl (C=O) groups excluding carboxylic acids is 1. The zero-order chi connectivity index (χ0) is 21.9. The van der Waals surface area contributed by atoms with Crippen LogP contribution in [0.2, 0.25) is 0 Å². The van der Waals surface area contributed by atoms with E-state index >= 15 is 0 Å². The Balaban J connectivity index is 1.59. The summed E-state index contributed by atoms with van der Waals surface area (Å²) in [5, 5.41) is 4.10. The molecule has 2 aromatic carbocycles. The fraction of sp³-hybridized carbons (Fsp3) is 0.273. The van der Waals surface area contributed by atoms with E-state index in [-0.39, 0.29) is 11.5 Å². The smallest absolute Gasteiger partial charge is 0.406 e. The topological polar surface area (TPSA) is 70.4 Å². The lowest BCUT2D eigenvalue weighted by molar-refractivity contribution is -0.161. The van der Waals surface area contributed by atoms with Gasteiger partial charge in [0, 0.05) is 5.70 Å². The molecule has 5 rings (SSSR count). The third kappa shape index (κ3) is 3.07. The molecule has 31 heavy (non-hydrogen) atoms. The first-order chi connectivity index (χ1) is 14.8. The summed E-state index contributed by atoms with van der Waals surface area (Å²) >= 11 is 0. The molecule has 1 fully saturated rings. The Kier molecular flexibility index (Phi) is 4.33. The van der Waals surface area contributed by atoms with Crippen LogP contribution in [0.4, 0.5) is 13.2 Å². The van der Waals surface area contributed by atoms with Gasteiger partial charge in [0.15, 0.2) is 5.58 Å². The number of aromatic nitrogens is 1. The van der Waals surface area contributed by atoms with E-state index in [1.165, 1.54) is 0 Å². The van der Waals surface area contributed by atoms with Crippen LogP contribution in [-0.2, 0) is 4.79 Å². The number of carbonyl (C=O) groups is 1. The van der Waals surface area contributed by atoms with Gasteiger partial charge in [-0.05, 0) is 31.0 Å². The number of hydrogen-bond acceptors (Lipinski definition) is 5. The molecular weight excluding hydrogens is 409 g/mol.